The van der Waals surface area contributed by atoms with Crippen LogP contribution in [0.25, 0.3) is 11.1 Å². The van der Waals surface area contributed by atoms with Gasteiger partial charge >= 0.3 is 11.9 Å². The first-order valence-electron chi connectivity index (χ1n) is 9.89. The van der Waals surface area contributed by atoms with Gasteiger partial charge in [0, 0.05) is 10.9 Å². The molecule has 0 bridgehead atoms. The van der Waals surface area contributed by atoms with E-state index < -0.39 is 24.5 Å². The fraction of sp³-hybridized carbons (Fsp3) is 0.208. The van der Waals surface area contributed by atoms with Crippen LogP contribution in [0.2, 0.25) is 0 Å². The van der Waals surface area contributed by atoms with Crippen molar-refractivity contribution in [2.45, 2.75) is 13.8 Å². The molecule has 0 fully saturated rings. The van der Waals surface area contributed by atoms with E-state index in [9.17, 15) is 14.4 Å². The van der Waals surface area contributed by atoms with Gasteiger partial charge in [0.2, 0.25) is 0 Å². The largest absolute Gasteiger partial charge is 0.497 e. The molecular formula is C24H23NO6S. The molecular weight excluding hydrogens is 430 g/mol. The molecule has 32 heavy (non-hydrogen) atoms. The molecule has 3 rings (SSSR count). The minimum Gasteiger partial charge on any atom is -0.497 e. The average Bonchev–Trinajstić information content (AvgIpc) is 3.21. The van der Waals surface area contributed by atoms with E-state index in [2.05, 4.69) is 5.32 Å². The molecule has 1 amide bonds. The number of thiophene rings is 1. The van der Waals surface area contributed by atoms with Crippen molar-refractivity contribution in [3.8, 4) is 16.9 Å². The van der Waals surface area contributed by atoms with Crippen LogP contribution in [-0.2, 0) is 14.3 Å². The van der Waals surface area contributed by atoms with Gasteiger partial charge in [0.1, 0.15) is 16.3 Å². The lowest BCUT2D eigenvalue weighted by Gasteiger charge is -2.09. The number of carbonyl (C=O) groups excluding carboxylic acids is 3. The normalized spacial score (nSPS) is 10.3. The van der Waals surface area contributed by atoms with E-state index in [0.29, 0.717) is 21.9 Å². The molecule has 0 atom stereocenters. The number of ether oxygens (including phenoxy) is 3. The lowest BCUT2D eigenvalue weighted by atomic mass is 10.0. The summed E-state index contributed by atoms with van der Waals surface area (Å²) < 4.78 is 15.3. The van der Waals surface area contributed by atoms with E-state index in [0.717, 1.165) is 11.1 Å². The highest BCUT2D eigenvalue weighted by Gasteiger charge is 2.23. The Kier molecular flexibility index (Phi) is 7.62. The molecule has 2 aromatic carbocycles. The van der Waals surface area contributed by atoms with Crippen LogP contribution in [-0.4, -0.2) is 38.2 Å². The molecule has 0 aliphatic heterocycles. The number of aryl methyl sites for hydroxylation is 1. The summed E-state index contributed by atoms with van der Waals surface area (Å²) in [6.07, 6.45) is 0. The fourth-order valence-electron chi connectivity index (χ4n) is 2.91. The maximum atomic E-state index is 12.6. The summed E-state index contributed by atoms with van der Waals surface area (Å²) in [5.74, 6) is -1.13. The van der Waals surface area contributed by atoms with Crippen LogP contribution in [0.3, 0.4) is 0 Å². The van der Waals surface area contributed by atoms with E-state index in [4.69, 9.17) is 14.2 Å². The Bertz CT molecular complexity index is 1100. The zero-order valence-electron chi connectivity index (χ0n) is 18.0. The predicted molar refractivity (Wildman–Crippen MR) is 122 cm³/mol. The van der Waals surface area contributed by atoms with Gasteiger partial charge in [0.15, 0.2) is 6.61 Å². The second kappa shape index (κ2) is 10.6. The molecule has 0 aliphatic carbocycles. The van der Waals surface area contributed by atoms with Crippen LogP contribution in [0.5, 0.6) is 5.75 Å². The molecule has 3 aromatic rings. The predicted octanol–water partition coefficient (Wildman–Crippen LogP) is 4.70. The summed E-state index contributed by atoms with van der Waals surface area (Å²) in [6, 6.07) is 14.0. The van der Waals surface area contributed by atoms with Crippen LogP contribution in [0.1, 0.15) is 33.2 Å². The van der Waals surface area contributed by atoms with Crippen molar-refractivity contribution >= 4 is 34.2 Å². The number of benzene rings is 2. The summed E-state index contributed by atoms with van der Waals surface area (Å²) in [5.41, 5.74) is 3.16. The topological polar surface area (TPSA) is 90.9 Å². The molecule has 0 radical (unpaired) electrons. The second-order valence-corrected chi connectivity index (χ2v) is 7.67. The van der Waals surface area contributed by atoms with E-state index in [1.165, 1.54) is 18.4 Å². The Morgan fingerprint density at radius 2 is 1.62 bits per heavy atom. The first kappa shape index (κ1) is 23.0. The van der Waals surface area contributed by atoms with Gasteiger partial charge < -0.3 is 19.5 Å². The Morgan fingerprint density at radius 1 is 0.938 bits per heavy atom. The zero-order valence-corrected chi connectivity index (χ0v) is 18.8. The van der Waals surface area contributed by atoms with Crippen LogP contribution in [0, 0.1) is 6.92 Å². The summed E-state index contributed by atoms with van der Waals surface area (Å²) in [5, 5.41) is 4.78. The summed E-state index contributed by atoms with van der Waals surface area (Å²) in [7, 11) is 1.52. The van der Waals surface area contributed by atoms with Gasteiger partial charge in [-0.3, -0.25) is 4.79 Å². The van der Waals surface area contributed by atoms with E-state index >= 15 is 0 Å². The van der Waals surface area contributed by atoms with Crippen LogP contribution >= 0.6 is 11.3 Å². The van der Waals surface area contributed by atoms with E-state index in [1.54, 1.807) is 36.6 Å². The van der Waals surface area contributed by atoms with Gasteiger partial charge in [-0.2, -0.15) is 0 Å². The van der Waals surface area contributed by atoms with Crippen molar-refractivity contribution in [1.29, 1.82) is 0 Å². The van der Waals surface area contributed by atoms with E-state index in [-0.39, 0.29) is 12.2 Å². The number of nitrogens with one attached hydrogen (secondary N) is 1. The molecule has 7 nitrogen and oxygen atoms in total. The number of esters is 2. The second-order valence-electron chi connectivity index (χ2n) is 6.79. The number of hydrogen-bond donors (Lipinski definition) is 1. The van der Waals surface area contributed by atoms with Crippen LogP contribution in [0.4, 0.5) is 5.00 Å². The van der Waals surface area contributed by atoms with Gasteiger partial charge in [-0.25, -0.2) is 9.59 Å². The molecule has 1 aromatic heterocycles. The van der Waals surface area contributed by atoms with Gasteiger partial charge in [0.05, 0.1) is 19.3 Å². The Morgan fingerprint density at radius 3 is 2.25 bits per heavy atom. The maximum Gasteiger partial charge on any atom is 0.341 e. The lowest BCUT2D eigenvalue weighted by Crippen LogP contribution is -2.21. The molecule has 0 unspecified atom stereocenters. The molecule has 8 heteroatoms. The Balaban J connectivity index is 1.72. The van der Waals surface area contributed by atoms with E-state index in [1.807, 2.05) is 31.2 Å². The minimum absolute atomic E-state index is 0.203. The standard InChI is InChI=1S/C24H23NO6S/c1-4-30-24(28)21-19(16-7-5-15(2)6-8-16)14-32-22(21)25-20(26)13-31-23(27)17-9-11-18(29-3)12-10-17/h5-12,14H,4,13H2,1-3H3,(H,25,26). The average molecular weight is 454 g/mol. The monoisotopic (exact) mass is 453 g/mol. The van der Waals surface area contributed by atoms with Crippen molar-refractivity contribution in [3.05, 3.63) is 70.6 Å². The first-order valence-corrected chi connectivity index (χ1v) is 10.8. The summed E-state index contributed by atoms with van der Waals surface area (Å²) in [4.78, 5) is 37.2. The first-order chi connectivity index (χ1) is 15.4. The van der Waals surface area contributed by atoms with Crippen molar-refractivity contribution in [3.63, 3.8) is 0 Å². The van der Waals surface area contributed by atoms with Gasteiger partial charge in [0.25, 0.3) is 5.91 Å². The molecule has 1 N–H and O–H groups in total. The molecule has 0 saturated heterocycles. The zero-order chi connectivity index (χ0) is 23.1. The number of rotatable bonds is 8. The maximum absolute atomic E-state index is 12.6. The highest BCUT2D eigenvalue weighted by molar-refractivity contribution is 7.15. The number of methoxy groups -OCH3 is 1. The van der Waals surface area contributed by atoms with Crippen molar-refractivity contribution in [2.24, 2.45) is 0 Å². The lowest BCUT2D eigenvalue weighted by molar-refractivity contribution is -0.119. The Labute approximate surface area is 189 Å². The molecule has 1 heterocycles. The molecule has 0 saturated carbocycles. The smallest absolute Gasteiger partial charge is 0.341 e. The number of hydrogen-bond acceptors (Lipinski definition) is 7. The molecule has 0 spiro atoms. The fourth-order valence-corrected chi connectivity index (χ4v) is 3.88. The SMILES string of the molecule is CCOC(=O)c1c(-c2ccc(C)cc2)csc1NC(=O)COC(=O)c1ccc(OC)cc1. The van der Waals surface area contributed by atoms with Crippen molar-refractivity contribution in [1.82, 2.24) is 0 Å². The third kappa shape index (κ3) is 5.53. The third-order valence-corrected chi connectivity index (χ3v) is 5.44. The van der Waals surface area contributed by atoms with Crippen LogP contribution in [0.15, 0.2) is 53.9 Å². The highest BCUT2D eigenvalue weighted by Crippen LogP contribution is 2.36. The van der Waals surface area contributed by atoms with Gasteiger partial charge in [-0.05, 0) is 43.7 Å². The quantitative estimate of drug-likeness (QED) is 0.497. The molecule has 0 aliphatic rings. The minimum atomic E-state index is -0.639. The third-order valence-electron chi connectivity index (χ3n) is 4.55. The van der Waals surface area contributed by atoms with Crippen molar-refractivity contribution < 1.29 is 28.6 Å². The Hall–Kier alpha value is -3.65. The molecule has 166 valence electrons. The number of anilines is 1. The summed E-state index contributed by atoms with van der Waals surface area (Å²) in [6.45, 7) is 3.40. The van der Waals surface area contributed by atoms with Crippen molar-refractivity contribution in [2.75, 3.05) is 25.6 Å². The summed E-state index contributed by atoms with van der Waals surface area (Å²) >= 11 is 1.21. The van der Waals surface area contributed by atoms with Crippen LogP contribution < -0.4 is 10.1 Å². The number of amides is 1. The number of carbonyl (C=O) groups is 3. The highest BCUT2D eigenvalue weighted by atomic mass is 32.1. The van der Waals surface area contributed by atoms with Gasteiger partial charge in [-0.15, -0.1) is 11.3 Å². The van der Waals surface area contributed by atoms with Gasteiger partial charge in [-0.1, -0.05) is 29.8 Å².